The molecule has 0 spiro atoms. The second-order valence-electron chi connectivity index (χ2n) is 9.17. The molecular formula is C24H34FN4O4P. The van der Waals surface area contributed by atoms with Crippen LogP contribution in [0.15, 0.2) is 47.4 Å². The number of amides is 1. The summed E-state index contributed by atoms with van der Waals surface area (Å²) in [5.41, 5.74) is -1.19. The molecule has 0 aliphatic carbocycles. The van der Waals surface area contributed by atoms with Crippen molar-refractivity contribution in [1.82, 2.24) is 14.2 Å². The SMILES string of the molecule is CC[C@@]1(C)O[C@@H](n2ccc(NC(=O)c3ccccc3)nc2=O)[C@@H](F)C1OPN(C(C)C)C(C)C. The number of carbonyl (C=O) groups excluding carboxylic acids is 1. The smallest absolute Gasteiger partial charge is 0.346 e. The van der Waals surface area contributed by atoms with E-state index < -0.39 is 35.7 Å². The van der Waals surface area contributed by atoms with Crippen molar-refractivity contribution in [3.63, 3.8) is 0 Å². The van der Waals surface area contributed by atoms with Crippen LogP contribution in [0.3, 0.4) is 0 Å². The second-order valence-corrected chi connectivity index (χ2v) is 10.1. The monoisotopic (exact) mass is 492 g/mol. The Morgan fingerprint density at radius 3 is 2.47 bits per heavy atom. The molecule has 0 radical (unpaired) electrons. The van der Waals surface area contributed by atoms with E-state index in [1.54, 1.807) is 37.3 Å². The molecule has 2 heterocycles. The van der Waals surface area contributed by atoms with Gasteiger partial charge in [-0.3, -0.25) is 14.0 Å². The molecule has 186 valence electrons. The van der Waals surface area contributed by atoms with Crippen LogP contribution in [-0.4, -0.2) is 50.1 Å². The number of anilines is 1. The molecule has 0 saturated carbocycles. The Bertz CT molecular complexity index is 1030. The van der Waals surface area contributed by atoms with Crippen molar-refractivity contribution in [1.29, 1.82) is 0 Å². The third kappa shape index (κ3) is 5.71. The summed E-state index contributed by atoms with van der Waals surface area (Å²) in [5.74, 6) is -0.306. The minimum Gasteiger partial charge on any atom is -0.346 e. The van der Waals surface area contributed by atoms with Crippen molar-refractivity contribution in [2.45, 2.75) is 84.2 Å². The predicted octanol–water partition coefficient (Wildman–Crippen LogP) is 4.54. The molecule has 10 heteroatoms. The van der Waals surface area contributed by atoms with Crippen LogP contribution >= 0.6 is 8.96 Å². The van der Waals surface area contributed by atoms with Gasteiger partial charge in [-0.2, -0.15) is 4.98 Å². The van der Waals surface area contributed by atoms with Gasteiger partial charge < -0.3 is 14.6 Å². The Morgan fingerprint density at radius 2 is 1.91 bits per heavy atom. The maximum Gasteiger partial charge on any atom is 0.351 e. The van der Waals surface area contributed by atoms with Gasteiger partial charge in [0.25, 0.3) is 5.91 Å². The third-order valence-electron chi connectivity index (χ3n) is 6.03. The second kappa shape index (κ2) is 11.0. The first kappa shape index (κ1) is 26.4. The highest BCUT2D eigenvalue weighted by molar-refractivity contribution is 7.29. The van der Waals surface area contributed by atoms with E-state index in [1.807, 2.05) is 6.92 Å². The van der Waals surface area contributed by atoms with Gasteiger partial charge in [-0.1, -0.05) is 25.1 Å². The average molecular weight is 493 g/mol. The lowest BCUT2D eigenvalue weighted by molar-refractivity contribution is -0.0898. The maximum atomic E-state index is 15.7. The lowest BCUT2D eigenvalue weighted by atomic mass is 9.95. The van der Waals surface area contributed by atoms with Crippen LogP contribution in [0.5, 0.6) is 0 Å². The highest BCUT2D eigenvalue weighted by Gasteiger charge is 2.54. The summed E-state index contributed by atoms with van der Waals surface area (Å²) in [6, 6.07) is 10.5. The van der Waals surface area contributed by atoms with Gasteiger partial charge in [-0.05, 0) is 59.2 Å². The molecule has 1 aromatic heterocycles. The first-order valence-corrected chi connectivity index (χ1v) is 12.4. The fourth-order valence-corrected chi connectivity index (χ4v) is 4.99. The van der Waals surface area contributed by atoms with Gasteiger partial charge in [-0.25, -0.2) is 9.18 Å². The van der Waals surface area contributed by atoms with Crippen LogP contribution in [0.1, 0.15) is 64.5 Å². The maximum absolute atomic E-state index is 15.7. The Hall–Kier alpha value is -2.19. The van der Waals surface area contributed by atoms with Crippen molar-refractivity contribution in [2.24, 2.45) is 0 Å². The predicted molar refractivity (Wildman–Crippen MR) is 132 cm³/mol. The van der Waals surface area contributed by atoms with Crippen LogP contribution < -0.4 is 11.0 Å². The Kier molecular flexibility index (Phi) is 8.57. The molecule has 1 aromatic carbocycles. The van der Waals surface area contributed by atoms with Crippen molar-refractivity contribution in [2.75, 3.05) is 5.32 Å². The van der Waals surface area contributed by atoms with Crippen LogP contribution in [0.2, 0.25) is 0 Å². The first-order chi connectivity index (χ1) is 16.1. The van der Waals surface area contributed by atoms with Crippen molar-refractivity contribution < 1.29 is 18.4 Å². The molecule has 1 aliphatic heterocycles. The molecule has 0 bridgehead atoms. The number of rotatable bonds is 9. The van der Waals surface area contributed by atoms with Crippen molar-refractivity contribution in [3.05, 3.63) is 58.6 Å². The Balaban J connectivity index is 1.77. The lowest BCUT2D eigenvalue weighted by Crippen LogP contribution is -2.41. The molecule has 3 rings (SSSR count). The van der Waals surface area contributed by atoms with E-state index in [1.165, 1.54) is 12.3 Å². The van der Waals surface area contributed by atoms with Crippen LogP contribution in [-0.2, 0) is 9.26 Å². The van der Waals surface area contributed by atoms with Crippen LogP contribution in [0.25, 0.3) is 0 Å². The highest BCUT2D eigenvalue weighted by Crippen LogP contribution is 2.45. The number of ether oxygens (including phenoxy) is 1. The standard InChI is InChI=1S/C24H34FN4O4P/c1-7-24(6)20(33-34-29(15(2)3)16(4)5)19(25)22(32-24)28-14-13-18(27-23(28)31)26-21(30)17-11-9-8-10-12-17/h8-16,19-20,22,34H,7H2,1-6H3,(H,26,27,30,31)/t19-,20?,22+,24+/m0/s1. The molecule has 8 nitrogen and oxygen atoms in total. The molecule has 1 fully saturated rings. The van der Waals surface area contributed by atoms with Crippen molar-refractivity contribution in [3.8, 4) is 0 Å². The Labute approximate surface area is 201 Å². The number of aromatic nitrogens is 2. The van der Waals surface area contributed by atoms with E-state index in [2.05, 4.69) is 42.7 Å². The van der Waals surface area contributed by atoms with Gasteiger partial charge in [0.2, 0.25) is 0 Å². The fourth-order valence-electron chi connectivity index (χ4n) is 3.96. The number of carbonyl (C=O) groups is 1. The van der Waals surface area contributed by atoms with Gasteiger partial charge in [0.15, 0.2) is 12.4 Å². The number of benzene rings is 1. The molecule has 2 aromatic rings. The van der Waals surface area contributed by atoms with E-state index in [-0.39, 0.29) is 26.9 Å². The normalized spacial score (nSPS) is 25.2. The molecule has 1 aliphatic rings. The van der Waals surface area contributed by atoms with Gasteiger partial charge in [-0.15, -0.1) is 0 Å². The summed E-state index contributed by atoms with van der Waals surface area (Å²) in [6.07, 6.45) is -1.68. The quantitative estimate of drug-likeness (QED) is 0.517. The van der Waals surface area contributed by atoms with E-state index in [4.69, 9.17) is 9.26 Å². The average Bonchev–Trinajstić information content (AvgIpc) is 3.05. The molecule has 34 heavy (non-hydrogen) atoms. The molecule has 5 atom stereocenters. The first-order valence-electron chi connectivity index (χ1n) is 11.5. The third-order valence-corrected chi connectivity index (χ3v) is 7.64. The van der Waals surface area contributed by atoms with Crippen LogP contribution in [0, 0.1) is 0 Å². The summed E-state index contributed by atoms with van der Waals surface area (Å²) in [4.78, 5) is 29.0. The molecule has 1 saturated heterocycles. The van der Waals surface area contributed by atoms with Gasteiger partial charge in [0, 0.05) is 23.8 Å². The highest BCUT2D eigenvalue weighted by atomic mass is 31.1. The molecule has 2 unspecified atom stereocenters. The minimum atomic E-state index is -1.57. The summed E-state index contributed by atoms with van der Waals surface area (Å²) in [7, 11) is -0.0377. The number of nitrogens with one attached hydrogen (secondary N) is 1. The number of halogens is 1. The van der Waals surface area contributed by atoms with Crippen LogP contribution in [0.4, 0.5) is 10.2 Å². The minimum absolute atomic E-state index is 0.0377. The zero-order chi connectivity index (χ0) is 25.0. The molecule has 1 N–H and O–H groups in total. The topological polar surface area (TPSA) is 85.7 Å². The number of hydrogen-bond donors (Lipinski definition) is 1. The number of nitrogens with zero attached hydrogens (tertiary/aromatic N) is 3. The fraction of sp³-hybridized carbons (Fsp3) is 0.542. The van der Waals surface area contributed by atoms with Gasteiger partial charge in [0.1, 0.15) is 11.9 Å². The van der Waals surface area contributed by atoms with E-state index in [0.29, 0.717) is 12.0 Å². The van der Waals surface area contributed by atoms with E-state index in [9.17, 15) is 9.59 Å². The van der Waals surface area contributed by atoms with Crippen molar-refractivity contribution >= 4 is 20.7 Å². The summed E-state index contributed by atoms with van der Waals surface area (Å²) < 4.78 is 31.1. The summed E-state index contributed by atoms with van der Waals surface area (Å²) in [6.45, 7) is 12.0. The Morgan fingerprint density at radius 1 is 1.26 bits per heavy atom. The lowest BCUT2D eigenvalue weighted by Gasteiger charge is -2.34. The van der Waals surface area contributed by atoms with Gasteiger partial charge in [0.05, 0.1) is 14.6 Å². The number of alkyl halides is 1. The van der Waals surface area contributed by atoms with E-state index >= 15 is 4.39 Å². The molecule has 1 amide bonds. The van der Waals surface area contributed by atoms with E-state index in [0.717, 1.165) is 4.57 Å². The summed E-state index contributed by atoms with van der Waals surface area (Å²) >= 11 is 0. The molecular weight excluding hydrogens is 458 g/mol. The number of hydrogen-bond acceptors (Lipinski definition) is 6. The van der Waals surface area contributed by atoms with Gasteiger partial charge >= 0.3 is 5.69 Å². The largest absolute Gasteiger partial charge is 0.351 e. The zero-order valence-electron chi connectivity index (χ0n) is 20.5. The summed E-state index contributed by atoms with van der Waals surface area (Å²) in [5, 5.41) is 2.59. The zero-order valence-corrected chi connectivity index (χ0v) is 21.5.